The summed E-state index contributed by atoms with van der Waals surface area (Å²) >= 11 is 0. The van der Waals surface area contributed by atoms with E-state index >= 15 is 0 Å². The Morgan fingerprint density at radius 1 is 0.960 bits per heavy atom. The summed E-state index contributed by atoms with van der Waals surface area (Å²) < 4.78 is 32.0. The molecule has 0 aliphatic carbocycles. The van der Waals surface area contributed by atoms with Gasteiger partial charge in [-0.25, -0.2) is 13.2 Å². The lowest BCUT2D eigenvalue weighted by atomic mass is 10.2. The van der Waals surface area contributed by atoms with Gasteiger partial charge < -0.3 is 4.74 Å². The summed E-state index contributed by atoms with van der Waals surface area (Å²) in [5.74, 6) is -0.105. The summed E-state index contributed by atoms with van der Waals surface area (Å²) in [6.07, 6.45) is -0.565. The molecule has 0 fully saturated rings. The lowest BCUT2D eigenvalue weighted by Crippen LogP contribution is -2.27. The smallest absolute Gasteiger partial charge is 0.412 e. The number of benzene rings is 2. The predicted molar refractivity (Wildman–Crippen MR) is 99.0 cm³/mol. The Morgan fingerprint density at radius 3 is 2.08 bits per heavy atom. The van der Waals surface area contributed by atoms with Crippen molar-refractivity contribution >= 4 is 27.5 Å². The molecule has 6 nitrogen and oxygen atoms in total. The molecule has 0 aliphatic rings. The third-order valence-electron chi connectivity index (χ3n) is 3.00. The van der Waals surface area contributed by atoms with E-state index in [0.29, 0.717) is 16.9 Å². The van der Waals surface area contributed by atoms with Crippen molar-refractivity contribution in [3.63, 3.8) is 0 Å². The molecule has 134 valence electrons. The molecule has 0 aliphatic heterocycles. The van der Waals surface area contributed by atoms with Gasteiger partial charge in [-0.05, 0) is 50.6 Å². The number of hydrogen-bond acceptors (Lipinski definition) is 4. The Hall–Kier alpha value is -2.54. The van der Waals surface area contributed by atoms with Crippen LogP contribution in [0.15, 0.2) is 54.6 Å². The van der Waals surface area contributed by atoms with Gasteiger partial charge in [0.2, 0.25) is 10.0 Å². The van der Waals surface area contributed by atoms with Crippen molar-refractivity contribution in [3.05, 3.63) is 60.2 Å². The van der Waals surface area contributed by atoms with Crippen LogP contribution in [0, 0.1) is 0 Å². The quantitative estimate of drug-likeness (QED) is 0.843. The molecule has 0 saturated carbocycles. The van der Waals surface area contributed by atoms with Crippen molar-refractivity contribution in [1.29, 1.82) is 0 Å². The topological polar surface area (TPSA) is 84.5 Å². The zero-order chi connectivity index (χ0) is 18.5. The molecule has 2 aromatic rings. The summed E-state index contributed by atoms with van der Waals surface area (Å²) in [5.41, 5.74) is 1.06. The molecule has 0 spiro atoms. The zero-order valence-electron chi connectivity index (χ0n) is 14.4. The minimum absolute atomic E-state index is 0.105. The van der Waals surface area contributed by atoms with Gasteiger partial charge >= 0.3 is 6.09 Å². The van der Waals surface area contributed by atoms with Crippen LogP contribution < -0.4 is 10.0 Å². The highest BCUT2D eigenvalue weighted by Gasteiger charge is 2.16. The van der Waals surface area contributed by atoms with Crippen molar-refractivity contribution in [2.75, 3.05) is 10.0 Å². The van der Waals surface area contributed by atoms with Gasteiger partial charge in [-0.2, -0.15) is 0 Å². The molecule has 1 amide bonds. The lowest BCUT2D eigenvalue weighted by Gasteiger charge is -2.19. The van der Waals surface area contributed by atoms with Gasteiger partial charge in [0, 0.05) is 11.4 Å². The number of carbonyl (C=O) groups is 1. The highest BCUT2D eigenvalue weighted by molar-refractivity contribution is 7.91. The Morgan fingerprint density at radius 2 is 1.52 bits per heavy atom. The van der Waals surface area contributed by atoms with Crippen molar-refractivity contribution in [2.45, 2.75) is 32.1 Å². The second-order valence-electron chi connectivity index (χ2n) is 6.55. The molecule has 7 heteroatoms. The van der Waals surface area contributed by atoms with Gasteiger partial charge in [0.05, 0.1) is 5.75 Å². The van der Waals surface area contributed by atoms with Crippen LogP contribution in [-0.4, -0.2) is 20.1 Å². The van der Waals surface area contributed by atoms with Gasteiger partial charge in [-0.3, -0.25) is 10.0 Å². The number of amides is 1. The number of carbonyl (C=O) groups excluding carboxylic acids is 1. The number of anilines is 2. The number of ether oxygens (including phenoxy) is 1. The molecule has 0 saturated heterocycles. The van der Waals surface area contributed by atoms with E-state index in [1.807, 2.05) is 6.07 Å². The van der Waals surface area contributed by atoms with Crippen molar-refractivity contribution in [2.24, 2.45) is 0 Å². The summed E-state index contributed by atoms with van der Waals surface area (Å²) in [7, 11) is -3.51. The first-order valence-electron chi connectivity index (χ1n) is 7.77. The highest BCUT2D eigenvalue weighted by atomic mass is 32.2. The van der Waals surface area contributed by atoms with Gasteiger partial charge in [0.25, 0.3) is 0 Å². The van der Waals surface area contributed by atoms with Crippen molar-refractivity contribution in [3.8, 4) is 0 Å². The van der Waals surface area contributed by atoms with Gasteiger partial charge in [0.1, 0.15) is 5.60 Å². The van der Waals surface area contributed by atoms with Crippen LogP contribution in [0.5, 0.6) is 0 Å². The van der Waals surface area contributed by atoms with Crippen LogP contribution in [-0.2, 0) is 20.5 Å². The van der Waals surface area contributed by atoms with Crippen LogP contribution in [0.2, 0.25) is 0 Å². The Labute approximate surface area is 148 Å². The molecule has 2 aromatic carbocycles. The van der Waals surface area contributed by atoms with Crippen LogP contribution in [0.1, 0.15) is 26.3 Å². The van der Waals surface area contributed by atoms with Crippen LogP contribution in [0.25, 0.3) is 0 Å². The highest BCUT2D eigenvalue weighted by Crippen LogP contribution is 2.17. The second kappa shape index (κ2) is 7.57. The van der Waals surface area contributed by atoms with Gasteiger partial charge in [-0.15, -0.1) is 0 Å². The fourth-order valence-corrected chi connectivity index (χ4v) is 3.25. The van der Waals surface area contributed by atoms with E-state index in [0.717, 1.165) is 0 Å². The van der Waals surface area contributed by atoms with Crippen LogP contribution in [0.4, 0.5) is 16.2 Å². The molecular weight excluding hydrogens is 340 g/mol. The van der Waals surface area contributed by atoms with E-state index in [-0.39, 0.29) is 5.75 Å². The Bertz CT molecular complexity index is 810. The normalized spacial score (nSPS) is 11.6. The van der Waals surface area contributed by atoms with E-state index in [1.54, 1.807) is 69.3 Å². The molecule has 25 heavy (non-hydrogen) atoms. The summed E-state index contributed by atoms with van der Waals surface area (Å²) in [6, 6.07) is 15.3. The minimum atomic E-state index is -3.51. The van der Waals surface area contributed by atoms with E-state index < -0.39 is 21.7 Å². The van der Waals surface area contributed by atoms with E-state index in [1.165, 1.54) is 0 Å². The molecule has 0 bridgehead atoms. The van der Waals surface area contributed by atoms with E-state index in [4.69, 9.17) is 4.74 Å². The molecule has 0 unspecified atom stereocenters. The minimum Gasteiger partial charge on any atom is -0.444 e. The monoisotopic (exact) mass is 362 g/mol. The Kier molecular flexibility index (Phi) is 5.69. The summed E-state index contributed by atoms with van der Waals surface area (Å²) in [6.45, 7) is 5.32. The maximum atomic E-state index is 12.2. The maximum absolute atomic E-state index is 12.2. The zero-order valence-corrected chi connectivity index (χ0v) is 15.3. The third-order valence-corrected chi connectivity index (χ3v) is 4.26. The first kappa shape index (κ1) is 18.8. The number of sulfonamides is 1. The van der Waals surface area contributed by atoms with Crippen LogP contribution >= 0.6 is 0 Å². The molecule has 0 aromatic heterocycles. The van der Waals surface area contributed by atoms with E-state index in [2.05, 4.69) is 10.0 Å². The van der Waals surface area contributed by atoms with Gasteiger partial charge in [-0.1, -0.05) is 30.3 Å². The third kappa shape index (κ3) is 6.84. The standard InChI is InChI=1S/C18H22N2O4S/c1-18(2,3)24-17(21)19-15-9-11-16(12-10-15)20-25(22,23)13-14-7-5-4-6-8-14/h4-12,20H,13H2,1-3H3,(H,19,21). The molecule has 2 N–H and O–H groups in total. The lowest BCUT2D eigenvalue weighted by molar-refractivity contribution is 0.0636. The van der Waals surface area contributed by atoms with Crippen molar-refractivity contribution in [1.82, 2.24) is 0 Å². The number of hydrogen-bond donors (Lipinski definition) is 2. The average molecular weight is 362 g/mol. The fraction of sp³-hybridized carbons (Fsp3) is 0.278. The fourth-order valence-electron chi connectivity index (χ4n) is 2.05. The van der Waals surface area contributed by atoms with Gasteiger partial charge in [0.15, 0.2) is 0 Å². The van der Waals surface area contributed by atoms with Crippen LogP contribution in [0.3, 0.4) is 0 Å². The first-order chi connectivity index (χ1) is 11.6. The number of rotatable bonds is 5. The summed E-state index contributed by atoms with van der Waals surface area (Å²) in [5, 5.41) is 2.59. The molecule has 2 rings (SSSR count). The molecule has 0 radical (unpaired) electrons. The summed E-state index contributed by atoms with van der Waals surface area (Å²) in [4.78, 5) is 11.7. The van der Waals surface area contributed by atoms with E-state index in [9.17, 15) is 13.2 Å². The number of nitrogens with one attached hydrogen (secondary N) is 2. The predicted octanol–water partition coefficient (Wildman–Crippen LogP) is 3.98. The first-order valence-corrected chi connectivity index (χ1v) is 9.43. The second-order valence-corrected chi connectivity index (χ2v) is 8.27. The molecule has 0 atom stereocenters. The average Bonchev–Trinajstić information content (AvgIpc) is 2.47. The SMILES string of the molecule is CC(C)(C)OC(=O)Nc1ccc(NS(=O)(=O)Cc2ccccc2)cc1. The van der Waals surface area contributed by atoms with Crippen molar-refractivity contribution < 1.29 is 17.9 Å². The molecular formula is C18H22N2O4S. The largest absolute Gasteiger partial charge is 0.444 e. The Balaban J connectivity index is 1.97. The maximum Gasteiger partial charge on any atom is 0.412 e. The molecule has 0 heterocycles.